The largest absolute Gasteiger partial charge is 0.386 e. The van der Waals surface area contributed by atoms with Crippen LogP contribution in [0.1, 0.15) is 29.6 Å². The Morgan fingerprint density at radius 3 is 2.86 bits per heavy atom. The summed E-state index contributed by atoms with van der Waals surface area (Å²) in [5, 5.41) is 24.8. The monoisotopic (exact) mass is 399 g/mol. The lowest BCUT2D eigenvalue weighted by Gasteiger charge is -2.45. The molecule has 2 bridgehead atoms. The second-order valence-corrected chi connectivity index (χ2v) is 8.56. The van der Waals surface area contributed by atoms with Gasteiger partial charge in [0.15, 0.2) is 5.65 Å². The summed E-state index contributed by atoms with van der Waals surface area (Å²) in [6, 6.07) is 3.22. The highest BCUT2D eigenvalue weighted by Crippen LogP contribution is 2.34. The third kappa shape index (κ3) is 3.46. The fraction of sp³-hybridized carbons (Fsp3) is 0.632. The molecule has 0 radical (unpaired) electrons. The van der Waals surface area contributed by atoms with Crippen LogP contribution in [-0.4, -0.2) is 91.6 Å². The SMILES string of the molecule is O=C(NCC1(O)CCN(C(=O)C2CN3CCC2CC3)C1)c1ccn2nnnc2c1. The Hall–Kier alpha value is -2.59. The summed E-state index contributed by atoms with van der Waals surface area (Å²) in [4.78, 5) is 29.6. The van der Waals surface area contributed by atoms with Crippen molar-refractivity contribution in [1.29, 1.82) is 0 Å². The Morgan fingerprint density at radius 2 is 2.10 bits per heavy atom. The smallest absolute Gasteiger partial charge is 0.251 e. The van der Waals surface area contributed by atoms with E-state index >= 15 is 0 Å². The van der Waals surface area contributed by atoms with Crippen molar-refractivity contribution in [2.45, 2.75) is 24.9 Å². The summed E-state index contributed by atoms with van der Waals surface area (Å²) >= 11 is 0. The van der Waals surface area contributed by atoms with Crippen LogP contribution in [0.15, 0.2) is 18.3 Å². The predicted octanol–water partition coefficient (Wildman–Crippen LogP) is -0.841. The van der Waals surface area contributed by atoms with Gasteiger partial charge in [-0.1, -0.05) is 0 Å². The van der Waals surface area contributed by atoms with Crippen LogP contribution < -0.4 is 5.32 Å². The van der Waals surface area contributed by atoms with Gasteiger partial charge < -0.3 is 20.2 Å². The average Bonchev–Trinajstić information content (AvgIpc) is 3.39. The zero-order chi connectivity index (χ0) is 20.0. The third-order valence-corrected chi connectivity index (χ3v) is 6.66. The van der Waals surface area contributed by atoms with Crippen molar-refractivity contribution < 1.29 is 14.7 Å². The van der Waals surface area contributed by atoms with Crippen LogP contribution >= 0.6 is 0 Å². The molecule has 10 nitrogen and oxygen atoms in total. The van der Waals surface area contributed by atoms with Crippen molar-refractivity contribution in [3.05, 3.63) is 23.9 Å². The van der Waals surface area contributed by atoms with Crippen LogP contribution in [0.25, 0.3) is 5.65 Å². The summed E-state index contributed by atoms with van der Waals surface area (Å²) < 4.78 is 1.47. The summed E-state index contributed by atoms with van der Waals surface area (Å²) in [7, 11) is 0. The van der Waals surface area contributed by atoms with E-state index in [2.05, 4.69) is 25.7 Å². The highest BCUT2D eigenvalue weighted by atomic mass is 16.3. The first-order chi connectivity index (χ1) is 14.0. The number of tetrazole rings is 1. The van der Waals surface area contributed by atoms with Gasteiger partial charge in [-0.05, 0) is 60.8 Å². The number of nitrogens with zero attached hydrogens (tertiary/aromatic N) is 6. The van der Waals surface area contributed by atoms with Gasteiger partial charge in [0.25, 0.3) is 5.91 Å². The lowest BCUT2D eigenvalue weighted by atomic mass is 9.78. The molecule has 4 aliphatic rings. The Labute approximate surface area is 167 Å². The number of hydrogen-bond donors (Lipinski definition) is 2. The molecule has 4 fully saturated rings. The quantitative estimate of drug-likeness (QED) is 0.689. The van der Waals surface area contributed by atoms with Gasteiger partial charge in [0, 0.05) is 31.4 Å². The topological polar surface area (TPSA) is 116 Å². The van der Waals surface area contributed by atoms with E-state index < -0.39 is 5.60 Å². The number of carbonyl (C=O) groups is 2. The standard InChI is InChI=1S/C19H25N7O3/c27-17(14-3-7-26-16(9-14)21-22-23-26)20-11-19(29)4-8-25(12-19)18(28)15-10-24-5-1-13(15)2-6-24/h3,7,9,13,15,29H,1-2,4-6,8,10-12H2,(H,20,27). The Bertz CT molecular complexity index is 939. The molecular formula is C19H25N7O3. The number of aromatic nitrogens is 4. The molecule has 29 heavy (non-hydrogen) atoms. The van der Waals surface area contributed by atoms with Gasteiger partial charge in [0.2, 0.25) is 5.91 Å². The van der Waals surface area contributed by atoms with Crippen molar-refractivity contribution in [3.8, 4) is 0 Å². The summed E-state index contributed by atoms with van der Waals surface area (Å²) in [6.07, 6.45) is 4.27. The number of nitrogens with one attached hydrogen (secondary N) is 1. The van der Waals surface area contributed by atoms with E-state index in [4.69, 9.17) is 0 Å². The highest BCUT2D eigenvalue weighted by molar-refractivity contribution is 5.95. The molecule has 2 aromatic rings. The van der Waals surface area contributed by atoms with Crippen LogP contribution in [0.4, 0.5) is 0 Å². The maximum atomic E-state index is 13.0. The van der Waals surface area contributed by atoms with Crippen LogP contribution in [-0.2, 0) is 4.79 Å². The molecule has 2 amide bonds. The highest BCUT2D eigenvalue weighted by Gasteiger charge is 2.44. The number of aliphatic hydroxyl groups is 1. The van der Waals surface area contributed by atoms with E-state index in [0.29, 0.717) is 30.1 Å². The number of fused-ring (bicyclic) bond motifs is 4. The number of carbonyl (C=O) groups excluding carboxylic acids is 2. The maximum absolute atomic E-state index is 13.0. The predicted molar refractivity (Wildman–Crippen MR) is 102 cm³/mol. The molecule has 154 valence electrons. The number of pyridine rings is 1. The third-order valence-electron chi connectivity index (χ3n) is 6.66. The molecule has 10 heteroatoms. The molecule has 0 aliphatic carbocycles. The van der Waals surface area contributed by atoms with Crippen molar-refractivity contribution in [2.24, 2.45) is 11.8 Å². The first kappa shape index (κ1) is 18.4. The molecule has 6 heterocycles. The van der Waals surface area contributed by atoms with Crippen LogP contribution in [0.5, 0.6) is 0 Å². The molecule has 0 aromatic carbocycles. The molecular weight excluding hydrogens is 374 g/mol. The molecule has 6 rings (SSSR count). The van der Waals surface area contributed by atoms with Gasteiger partial charge in [-0.15, -0.1) is 5.10 Å². The van der Waals surface area contributed by atoms with Crippen LogP contribution in [0.3, 0.4) is 0 Å². The molecule has 4 aliphatic heterocycles. The number of hydrogen-bond acceptors (Lipinski definition) is 7. The Kier molecular flexibility index (Phi) is 4.47. The maximum Gasteiger partial charge on any atom is 0.251 e. The fourth-order valence-electron chi connectivity index (χ4n) is 4.90. The number of likely N-dealkylation sites (tertiary alicyclic amines) is 1. The van der Waals surface area contributed by atoms with Gasteiger partial charge >= 0.3 is 0 Å². The molecule has 2 unspecified atom stereocenters. The minimum atomic E-state index is -1.10. The second kappa shape index (κ2) is 7.03. The molecule has 0 saturated carbocycles. The zero-order valence-electron chi connectivity index (χ0n) is 16.2. The van der Waals surface area contributed by atoms with E-state index in [0.717, 1.165) is 32.5 Å². The molecule has 0 spiro atoms. The minimum absolute atomic E-state index is 0.0536. The summed E-state index contributed by atoms with van der Waals surface area (Å²) in [6.45, 7) is 3.94. The zero-order valence-corrected chi connectivity index (χ0v) is 16.2. The van der Waals surface area contributed by atoms with Crippen molar-refractivity contribution >= 4 is 17.5 Å². The number of piperidine rings is 3. The van der Waals surface area contributed by atoms with E-state index in [1.165, 1.54) is 4.52 Å². The molecule has 2 atom stereocenters. The van der Waals surface area contributed by atoms with Gasteiger partial charge in [-0.3, -0.25) is 9.59 Å². The number of amides is 2. The summed E-state index contributed by atoms with van der Waals surface area (Å²) in [5.41, 5.74) is -0.194. The average molecular weight is 399 g/mol. The lowest BCUT2D eigenvalue weighted by molar-refractivity contribution is -0.141. The number of rotatable bonds is 4. The van der Waals surface area contributed by atoms with Crippen molar-refractivity contribution in [1.82, 2.24) is 35.2 Å². The van der Waals surface area contributed by atoms with Gasteiger partial charge in [0.05, 0.1) is 12.5 Å². The Morgan fingerprint density at radius 1 is 1.28 bits per heavy atom. The minimum Gasteiger partial charge on any atom is -0.386 e. The van der Waals surface area contributed by atoms with Crippen LogP contribution in [0, 0.1) is 11.8 Å². The first-order valence-electron chi connectivity index (χ1n) is 10.2. The number of β-amino-alcohol motifs (C(OH)–C–C–N with tert-alkyl or cyclic N) is 1. The summed E-state index contributed by atoms with van der Waals surface area (Å²) in [5.74, 6) is 0.387. The van der Waals surface area contributed by atoms with Gasteiger partial charge in [-0.2, -0.15) is 0 Å². The molecule has 2 N–H and O–H groups in total. The van der Waals surface area contributed by atoms with E-state index in [-0.39, 0.29) is 30.8 Å². The fourth-order valence-corrected chi connectivity index (χ4v) is 4.90. The van der Waals surface area contributed by atoms with E-state index in [1.807, 2.05) is 0 Å². The second-order valence-electron chi connectivity index (χ2n) is 8.56. The van der Waals surface area contributed by atoms with Crippen LogP contribution in [0.2, 0.25) is 0 Å². The van der Waals surface area contributed by atoms with E-state index in [1.54, 1.807) is 23.2 Å². The van der Waals surface area contributed by atoms with Gasteiger partial charge in [0.1, 0.15) is 5.60 Å². The molecule has 2 aromatic heterocycles. The van der Waals surface area contributed by atoms with Crippen molar-refractivity contribution in [2.75, 3.05) is 39.3 Å². The normalized spacial score (nSPS) is 31.3. The lowest BCUT2D eigenvalue weighted by Crippen LogP contribution is -2.54. The first-order valence-corrected chi connectivity index (χ1v) is 10.2. The van der Waals surface area contributed by atoms with Gasteiger partial charge in [-0.25, -0.2) is 4.52 Å². The van der Waals surface area contributed by atoms with Crippen molar-refractivity contribution in [3.63, 3.8) is 0 Å². The molecule has 4 saturated heterocycles. The van der Waals surface area contributed by atoms with E-state index in [9.17, 15) is 14.7 Å². The Balaban J connectivity index is 1.18.